The predicted molar refractivity (Wildman–Crippen MR) is 59.2 cm³/mol. The first kappa shape index (κ1) is 11.7. The van der Waals surface area contributed by atoms with E-state index >= 15 is 0 Å². The molecular weight excluding hydrogens is 252 g/mol. The standard InChI is InChI=1S/C10H6ClF2N3O/c11-7-9(16-10(17)8(12)13)15-6-4-2-1-3-5(6)14-7/h1-4,8H,(H,15,16,17). The molecule has 0 spiro atoms. The van der Waals surface area contributed by atoms with E-state index in [0.29, 0.717) is 11.0 Å². The molecule has 2 aromatic rings. The van der Waals surface area contributed by atoms with Crippen LogP contribution in [0, 0.1) is 0 Å². The van der Waals surface area contributed by atoms with Gasteiger partial charge in [0.2, 0.25) is 0 Å². The number of para-hydroxylation sites is 2. The third kappa shape index (κ3) is 2.47. The molecule has 0 saturated carbocycles. The predicted octanol–water partition coefficient (Wildman–Crippen LogP) is 2.49. The van der Waals surface area contributed by atoms with Gasteiger partial charge in [-0.1, -0.05) is 23.7 Å². The van der Waals surface area contributed by atoms with Gasteiger partial charge in [0.25, 0.3) is 5.91 Å². The molecule has 0 atom stereocenters. The number of alkyl halides is 2. The van der Waals surface area contributed by atoms with Crippen LogP contribution in [0.5, 0.6) is 0 Å². The summed E-state index contributed by atoms with van der Waals surface area (Å²) in [4.78, 5) is 18.7. The summed E-state index contributed by atoms with van der Waals surface area (Å²) in [5.41, 5.74) is 0.981. The Morgan fingerprint density at radius 1 is 1.24 bits per heavy atom. The maximum Gasteiger partial charge on any atom is 0.315 e. The minimum Gasteiger partial charge on any atom is -0.303 e. The molecule has 1 aromatic carbocycles. The minimum atomic E-state index is -3.13. The molecule has 0 bridgehead atoms. The quantitative estimate of drug-likeness (QED) is 0.899. The number of hydrogen-bond donors (Lipinski definition) is 1. The highest BCUT2D eigenvalue weighted by atomic mass is 35.5. The van der Waals surface area contributed by atoms with E-state index in [0.717, 1.165) is 0 Å². The van der Waals surface area contributed by atoms with Gasteiger partial charge in [-0.25, -0.2) is 9.97 Å². The van der Waals surface area contributed by atoms with Crippen LogP contribution in [-0.2, 0) is 4.79 Å². The van der Waals surface area contributed by atoms with Crippen LogP contribution in [0.2, 0.25) is 5.15 Å². The smallest absolute Gasteiger partial charge is 0.303 e. The average molecular weight is 258 g/mol. The molecule has 0 radical (unpaired) electrons. The lowest BCUT2D eigenvalue weighted by Crippen LogP contribution is -2.21. The normalized spacial score (nSPS) is 10.8. The molecule has 0 unspecified atom stereocenters. The molecule has 88 valence electrons. The lowest BCUT2D eigenvalue weighted by Gasteiger charge is -2.06. The molecule has 2 rings (SSSR count). The highest BCUT2D eigenvalue weighted by molar-refractivity contribution is 6.32. The van der Waals surface area contributed by atoms with Crippen LogP contribution in [0.1, 0.15) is 0 Å². The van der Waals surface area contributed by atoms with Gasteiger partial charge in [-0.05, 0) is 12.1 Å². The van der Waals surface area contributed by atoms with Crippen molar-refractivity contribution in [2.45, 2.75) is 6.43 Å². The van der Waals surface area contributed by atoms with Gasteiger partial charge in [0.05, 0.1) is 11.0 Å². The third-order valence-corrected chi connectivity index (χ3v) is 2.23. The molecule has 1 amide bonds. The Morgan fingerprint density at radius 3 is 2.41 bits per heavy atom. The topological polar surface area (TPSA) is 54.9 Å². The van der Waals surface area contributed by atoms with Crippen LogP contribution >= 0.6 is 11.6 Å². The summed E-state index contributed by atoms with van der Waals surface area (Å²) in [6, 6.07) is 6.76. The molecule has 7 heteroatoms. The van der Waals surface area contributed by atoms with Gasteiger partial charge in [0.15, 0.2) is 11.0 Å². The maximum atomic E-state index is 12.1. The number of nitrogens with zero attached hydrogens (tertiary/aromatic N) is 2. The van der Waals surface area contributed by atoms with Gasteiger partial charge in [0, 0.05) is 0 Å². The summed E-state index contributed by atoms with van der Waals surface area (Å²) in [5, 5.41) is 1.78. The molecule has 0 aliphatic heterocycles. The molecule has 1 heterocycles. The molecule has 0 saturated heterocycles. The SMILES string of the molecule is O=C(Nc1nc2ccccc2nc1Cl)C(F)F. The van der Waals surface area contributed by atoms with E-state index in [1.807, 2.05) is 5.32 Å². The highest BCUT2D eigenvalue weighted by Crippen LogP contribution is 2.21. The molecule has 0 aliphatic rings. The van der Waals surface area contributed by atoms with E-state index in [9.17, 15) is 13.6 Å². The van der Waals surface area contributed by atoms with Crippen LogP contribution in [0.15, 0.2) is 24.3 Å². The van der Waals surface area contributed by atoms with Gasteiger partial charge in [-0.3, -0.25) is 4.79 Å². The Hall–Kier alpha value is -1.82. The highest BCUT2D eigenvalue weighted by Gasteiger charge is 2.18. The number of hydrogen-bond acceptors (Lipinski definition) is 3. The Morgan fingerprint density at radius 2 is 1.82 bits per heavy atom. The monoisotopic (exact) mass is 257 g/mol. The largest absolute Gasteiger partial charge is 0.315 e. The number of carbonyl (C=O) groups excluding carboxylic acids is 1. The summed E-state index contributed by atoms with van der Waals surface area (Å²) in [5.74, 6) is -1.63. The lowest BCUT2D eigenvalue weighted by atomic mass is 10.3. The zero-order valence-electron chi connectivity index (χ0n) is 8.32. The van der Waals surface area contributed by atoms with Crippen LogP contribution in [0.4, 0.5) is 14.6 Å². The van der Waals surface area contributed by atoms with E-state index in [4.69, 9.17) is 11.6 Å². The number of carbonyl (C=O) groups is 1. The number of amides is 1. The molecule has 17 heavy (non-hydrogen) atoms. The number of halogens is 3. The van der Waals surface area contributed by atoms with Crippen molar-refractivity contribution < 1.29 is 13.6 Å². The van der Waals surface area contributed by atoms with Crippen molar-refractivity contribution in [3.63, 3.8) is 0 Å². The molecule has 0 fully saturated rings. The van der Waals surface area contributed by atoms with E-state index < -0.39 is 12.3 Å². The number of aromatic nitrogens is 2. The first-order chi connectivity index (χ1) is 8.08. The van der Waals surface area contributed by atoms with Crippen LogP contribution in [-0.4, -0.2) is 22.3 Å². The fourth-order valence-electron chi connectivity index (χ4n) is 1.23. The first-order valence-electron chi connectivity index (χ1n) is 4.59. The van der Waals surface area contributed by atoms with E-state index in [-0.39, 0.29) is 11.0 Å². The number of anilines is 1. The summed E-state index contributed by atoms with van der Waals surface area (Å²) >= 11 is 5.72. The fraction of sp³-hybridized carbons (Fsp3) is 0.100. The number of fused-ring (bicyclic) bond motifs is 1. The number of benzene rings is 1. The molecule has 0 aliphatic carbocycles. The van der Waals surface area contributed by atoms with Gasteiger partial charge >= 0.3 is 6.43 Å². The minimum absolute atomic E-state index is 0.127. The van der Waals surface area contributed by atoms with Crippen LogP contribution in [0.3, 0.4) is 0 Å². The van der Waals surface area contributed by atoms with E-state index in [1.54, 1.807) is 24.3 Å². The van der Waals surface area contributed by atoms with Crippen molar-refractivity contribution in [1.29, 1.82) is 0 Å². The van der Waals surface area contributed by atoms with Gasteiger partial charge < -0.3 is 5.32 Å². The molecule has 4 nitrogen and oxygen atoms in total. The second kappa shape index (κ2) is 4.58. The van der Waals surface area contributed by atoms with Crippen molar-refractivity contribution in [3.05, 3.63) is 29.4 Å². The zero-order valence-corrected chi connectivity index (χ0v) is 9.08. The molecular formula is C10H6ClF2N3O. The van der Waals surface area contributed by atoms with E-state index in [2.05, 4.69) is 9.97 Å². The van der Waals surface area contributed by atoms with Crippen molar-refractivity contribution >= 4 is 34.4 Å². The summed E-state index contributed by atoms with van der Waals surface area (Å²) in [6.07, 6.45) is -3.13. The van der Waals surface area contributed by atoms with Crippen molar-refractivity contribution in [1.82, 2.24) is 9.97 Å². The summed E-state index contributed by atoms with van der Waals surface area (Å²) in [6.45, 7) is 0. The first-order valence-corrected chi connectivity index (χ1v) is 4.97. The lowest BCUT2D eigenvalue weighted by molar-refractivity contribution is -0.126. The Bertz CT molecular complexity index is 576. The maximum absolute atomic E-state index is 12.1. The fourth-order valence-corrected chi connectivity index (χ4v) is 1.41. The Kier molecular flexibility index (Phi) is 3.14. The average Bonchev–Trinajstić information content (AvgIpc) is 2.29. The molecule has 1 N–H and O–H groups in total. The van der Waals surface area contributed by atoms with Crippen LogP contribution in [0.25, 0.3) is 11.0 Å². The van der Waals surface area contributed by atoms with Crippen LogP contribution < -0.4 is 5.32 Å². The number of rotatable bonds is 2. The van der Waals surface area contributed by atoms with Crippen molar-refractivity contribution in [2.24, 2.45) is 0 Å². The third-order valence-electron chi connectivity index (χ3n) is 1.97. The van der Waals surface area contributed by atoms with Gasteiger partial charge in [-0.2, -0.15) is 8.78 Å². The second-order valence-electron chi connectivity index (χ2n) is 3.14. The Balaban J connectivity index is 2.41. The summed E-state index contributed by atoms with van der Waals surface area (Å²) < 4.78 is 24.1. The summed E-state index contributed by atoms with van der Waals surface area (Å²) in [7, 11) is 0. The second-order valence-corrected chi connectivity index (χ2v) is 3.50. The van der Waals surface area contributed by atoms with Crippen molar-refractivity contribution in [2.75, 3.05) is 5.32 Å². The number of nitrogens with one attached hydrogen (secondary N) is 1. The zero-order chi connectivity index (χ0) is 12.4. The van der Waals surface area contributed by atoms with Gasteiger partial charge in [-0.15, -0.1) is 0 Å². The van der Waals surface area contributed by atoms with Gasteiger partial charge in [0.1, 0.15) is 0 Å². The Labute approximate surface area is 99.6 Å². The van der Waals surface area contributed by atoms with E-state index in [1.165, 1.54) is 0 Å². The van der Waals surface area contributed by atoms with Crippen molar-refractivity contribution in [3.8, 4) is 0 Å². The molecule has 1 aromatic heterocycles.